The number of oxazole rings is 1. The molecule has 2 heterocycles. The summed E-state index contributed by atoms with van der Waals surface area (Å²) < 4.78 is 11.3. The molecule has 170 valence electrons. The van der Waals surface area contributed by atoms with E-state index in [4.69, 9.17) is 8.94 Å². The van der Waals surface area contributed by atoms with Gasteiger partial charge < -0.3 is 14.3 Å². The van der Waals surface area contributed by atoms with E-state index < -0.39 is 5.54 Å². The van der Waals surface area contributed by atoms with Crippen LogP contribution in [0, 0.1) is 6.92 Å². The van der Waals surface area contributed by atoms with Crippen LogP contribution in [0.5, 0.6) is 0 Å². The second-order valence-electron chi connectivity index (χ2n) is 8.38. The molecule has 3 aromatic rings. The van der Waals surface area contributed by atoms with Gasteiger partial charge in [0.05, 0.1) is 18.7 Å². The molecule has 0 atom stereocenters. The van der Waals surface area contributed by atoms with Crippen LogP contribution in [-0.4, -0.2) is 39.0 Å². The Morgan fingerprint density at radius 1 is 1.12 bits per heavy atom. The van der Waals surface area contributed by atoms with Crippen molar-refractivity contribution < 1.29 is 13.7 Å². The fourth-order valence-corrected chi connectivity index (χ4v) is 4.29. The van der Waals surface area contributed by atoms with Crippen molar-refractivity contribution in [3.05, 3.63) is 53.5 Å². The molecule has 8 nitrogen and oxygen atoms in total. The molecule has 0 unspecified atom stereocenters. The number of carbonyl (C=O) groups excluding carboxylic acids is 1. The Morgan fingerprint density at radius 2 is 1.84 bits per heavy atom. The molecule has 1 saturated carbocycles. The maximum absolute atomic E-state index is 13.0. The van der Waals surface area contributed by atoms with E-state index in [1.807, 2.05) is 37.3 Å². The third kappa shape index (κ3) is 4.75. The van der Waals surface area contributed by atoms with Gasteiger partial charge in [0, 0.05) is 5.56 Å². The van der Waals surface area contributed by atoms with E-state index in [1.165, 1.54) is 0 Å². The molecule has 0 spiro atoms. The van der Waals surface area contributed by atoms with Gasteiger partial charge in [-0.25, -0.2) is 4.98 Å². The van der Waals surface area contributed by atoms with Crippen LogP contribution >= 0.6 is 0 Å². The number of rotatable bonds is 9. The summed E-state index contributed by atoms with van der Waals surface area (Å²) in [7, 11) is 0. The second kappa shape index (κ2) is 9.65. The van der Waals surface area contributed by atoms with Gasteiger partial charge in [-0.15, -0.1) is 0 Å². The Morgan fingerprint density at radius 3 is 2.53 bits per heavy atom. The normalized spacial score (nSPS) is 15.4. The summed E-state index contributed by atoms with van der Waals surface area (Å²) in [5.41, 5.74) is 0.953. The highest BCUT2D eigenvalue weighted by molar-refractivity contribution is 5.79. The first-order chi connectivity index (χ1) is 15.5. The molecule has 0 aliphatic heterocycles. The summed E-state index contributed by atoms with van der Waals surface area (Å²) in [6, 6.07) is 9.69. The third-order valence-electron chi connectivity index (χ3n) is 6.23. The van der Waals surface area contributed by atoms with E-state index in [-0.39, 0.29) is 12.3 Å². The van der Waals surface area contributed by atoms with Crippen LogP contribution < -0.4 is 5.32 Å². The summed E-state index contributed by atoms with van der Waals surface area (Å²) in [4.78, 5) is 24.5. The zero-order valence-electron chi connectivity index (χ0n) is 19.1. The highest BCUT2D eigenvalue weighted by Crippen LogP contribution is 2.37. The molecule has 1 fully saturated rings. The standard InChI is InChI=1S/C24H31N5O3/c1-4-29(5-2)16-21-26-23(28-32-21)24(13-9-10-14-24)27-20(30)15-19-17(3)31-22(25-19)18-11-7-6-8-12-18/h6-8,11-12H,4-5,9-10,13-16H2,1-3H3,(H,27,30). The smallest absolute Gasteiger partial charge is 0.240 e. The maximum Gasteiger partial charge on any atom is 0.240 e. The summed E-state index contributed by atoms with van der Waals surface area (Å²) >= 11 is 0. The van der Waals surface area contributed by atoms with Crippen LogP contribution in [0.4, 0.5) is 0 Å². The predicted octanol–water partition coefficient (Wildman–Crippen LogP) is 4.00. The quantitative estimate of drug-likeness (QED) is 0.540. The van der Waals surface area contributed by atoms with Crippen LogP contribution in [0.3, 0.4) is 0 Å². The van der Waals surface area contributed by atoms with Gasteiger partial charge in [0.1, 0.15) is 11.3 Å². The van der Waals surface area contributed by atoms with E-state index in [9.17, 15) is 4.79 Å². The van der Waals surface area contributed by atoms with Gasteiger partial charge in [-0.2, -0.15) is 4.98 Å². The molecule has 1 aliphatic rings. The van der Waals surface area contributed by atoms with Crippen LogP contribution in [-0.2, 0) is 23.3 Å². The molecule has 2 aromatic heterocycles. The maximum atomic E-state index is 13.0. The van der Waals surface area contributed by atoms with E-state index in [0.29, 0.717) is 35.6 Å². The Kier molecular flexibility index (Phi) is 6.69. The fourth-order valence-electron chi connectivity index (χ4n) is 4.29. The lowest BCUT2D eigenvalue weighted by Gasteiger charge is -2.26. The molecule has 0 radical (unpaired) electrons. The molecule has 8 heteroatoms. The van der Waals surface area contributed by atoms with Crippen molar-refractivity contribution >= 4 is 5.91 Å². The zero-order valence-corrected chi connectivity index (χ0v) is 19.1. The summed E-state index contributed by atoms with van der Waals surface area (Å²) in [5, 5.41) is 7.46. The topological polar surface area (TPSA) is 97.3 Å². The highest BCUT2D eigenvalue weighted by atomic mass is 16.5. The number of hydrogen-bond acceptors (Lipinski definition) is 7. The Bertz CT molecular complexity index is 1030. The molecule has 0 bridgehead atoms. The van der Waals surface area contributed by atoms with Crippen molar-refractivity contribution in [2.75, 3.05) is 13.1 Å². The number of aromatic nitrogens is 3. The van der Waals surface area contributed by atoms with Gasteiger partial charge in [0.25, 0.3) is 0 Å². The average Bonchev–Trinajstić information content (AvgIpc) is 3.54. The molecule has 4 rings (SSSR count). The monoisotopic (exact) mass is 437 g/mol. The van der Waals surface area contributed by atoms with E-state index >= 15 is 0 Å². The molecule has 1 amide bonds. The van der Waals surface area contributed by atoms with Crippen molar-refractivity contribution in [2.24, 2.45) is 0 Å². The summed E-state index contributed by atoms with van der Waals surface area (Å²) in [5.74, 6) is 2.23. The van der Waals surface area contributed by atoms with Crippen LogP contribution in [0.1, 0.15) is 62.7 Å². The Labute approximate surface area is 188 Å². The number of nitrogens with zero attached hydrogens (tertiary/aromatic N) is 4. The number of nitrogens with one attached hydrogen (secondary N) is 1. The van der Waals surface area contributed by atoms with Gasteiger partial charge in [-0.05, 0) is 45.0 Å². The second-order valence-corrected chi connectivity index (χ2v) is 8.38. The Hall–Kier alpha value is -3.00. The van der Waals surface area contributed by atoms with Crippen molar-refractivity contribution in [1.29, 1.82) is 0 Å². The lowest BCUT2D eigenvalue weighted by atomic mass is 9.96. The van der Waals surface area contributed by atoms with E-state index in [2.05, 4.69) is 39.2 Å². The number of benzene rings is 1. The van der Waals surface area contributed by atoms with Gasteiger partial charge in [-0.3, -0.25) is 9.69 Å². The van der Waals surface area contributed by atoms with Gasteiger partial charge in [0.15, 0.2) is 5.82 Å². The minimum Gasteiger partial charge on any atom is -0.441 e. The van der Waals surface area contributed by atoms with E-state index in [0.717, 1.165) is 44.3 Å². The SMILES string of the molecule is CCN(CC)Cc1nc(C2(NC(=O)Cc3nc(-c4ccccc4)oc3C)CCCC2)no1. The molecule has 1 aliphatic carbocycles. The van der Waals surface area contributed by atoms with Crippen molar-refractivity contribution in [3.8, 4) is 11.5 Å². The highest BCUT2D eigenvalue weighted by Gasteiger charge is 2.41. The first kappa shape index (κ1) is 22.2. The third-order valence-corrected chi connectivity index (χ3v) is 6.23. The van der Waals surface area contributed by atoms with Crippen molar-refractivity contribution in [2.45, 2.75) is 65.0 Å². The minimum atomic E-state index is -0.581. The van der Waals surface area contributed by atoms with Crippen LogP contribution in [0.15, 0.2) is 39.3 Å². The van der Waals surface area contributed by atoms with Crippen LogP contribution in [0.2, 0.25) is 0 Å². The molecular formula is C24H31N5O3. The number of aryl methyl sites for hydroxylation is 1. The molecule has 1 N–H and O–H groups in total. The molecule has 1 aromatic carbocycles. The average molecular weight is 438 g/mol. The largest absolute Gasteiger partial charge is 0.441 e. The van der Waals surface area contributed by atoms with Gasteiger partial charge in [0.2, 0.25) is 17.7 Å². The minimum absolute atomic E-state index is 0.113. The first-order valence-corrected chi connectivity index (χ1v) is 11.4. The fraction of sp³-hybridized carbons (Fsp3) is 0.500. The molecule has 32 heavy (non-hydrogen) atoms. The van der Waals surface area contributed by atoms with Crippen molar-refractivity contribution in [1.82, 2.24) is 25.3 Å². The van der Waals surface area contributed by atoms with Crippen LogP contribution in [0.25, 0.3) is 11.5 Å². The number of amides is 1. The predicted molar refractivity (Wildman–Crippen MR) is 120 cm³/mol. The lowest BCUT2D eigenvalue weighted by molar-refractivity contribution is -0.122. The van der Waals surface area contributed by atoms with Gasteiger partial charge in [-0.1, -0.05) is 50.0 Å². The number of carbonyl (C=O) groups is 1. The van der Waals surface area contributed by atoms with E-state index in [1.54, 1.807) is 0 Å². The van der Waals surface area contributed by atoms with Crippen molar-refractivity contribution in [3.63, 3.8) is 0 Å². The Balaban J connectivity index is 1.48. The molecule has 0 saturated heterocycles. The summed E-state index contributed by atoms with van der Waals surface area (Å²) in [6.45, 7) is 8.50. The zero-order chi connectivity index (χ0) is 22.6. The number of hydrogen-bond donors (Lipinski definition) is 1. The first-order valence-electron chi connectivity index (χ1n) is 11.4. The summed E-state index contributed by atoms with van der Waals surface area (Å²) in [6.07, 6.45) is 3.78. The lowest BCUT2D eigenvalue weighted by Crippen LogP contribution is -2.45. The molecular weight excluding hydrogens is 406 g/mol. The van der Waals surface area contributed by atoms with Gasteiger partial charge >= 0.3 is 0 Å².